The van der Waals surface area contributed by atoms with Gasteiger partial charge in [0.15, 0.2) is 0 Å². The van der Waals surface area contributed by atoms with Gasteiger partial charge in [0.25, 0.3) is 0 Å². The molecule has 1 unspecified atom stereocenters. The smallest absolute Gasteiger partial charge is 0.0469 e. The molecule has 19 heavy (non-hydrogen) atoms. The van der Waals surface area contributed by atoms with Gasteiger partial charge in [-0.25, -0.2) is 0 Å². The van der Waals surface area contributed by atoms with E-state index in [4.69, 9.17) is 4.74 Å². The average molecular weight is 263 g/mol. The molecule has 2 nitrogen and oxygen atoms in total. The van der Waals surface area contributed by atoms with Crippen molar-refractivity contribution in [2.75, 3.05) is 26.8 Å². The van der Waals surface area contributed by atoms with Gasteiger partial charge in [0.05, 0.1) is 0 Å². The molecule has 108 valence electrons. The van der Waals surface area contributed by atoms with Gasteiger partial charge in [-0.15, -0.1) is 0 Å². The number of nitrogens with one attached hydrogen (secondary N) is 1. The fraction of sp³-hybridized carbons (Fsp3) is 0.647. The van der Waals surface area contributed by atoms with Crippen molar-refractivity contribution in [3.05, 3.63) is 35.9 Å². The Morgan fingerprint density at radius 1 is 1.05 bits per heavy atom. The van der Waals surface area contributed by atoms with Crippen LogP contribution in [0.1, 0.15) is 32.3 Å². The summed E-state index contributed by atoms with van der Waals surface area (Å²) >= 11 is 0. The highest BCUT2D eigenvalue weighted by atomic mass is 16.5. The molecule has 1 N–H and O–H groups in total. The molecule has 0 saturated carbocycles. The average Bonchev–Trinajstić information content (AvgIpc) is 2.39. The number of hydrogen-bond acceptors (Lipinski definition) is 2. The number of rotatable bonds is 10. The van der Waals surface area contributed by atoms with Crippen LogP contribution in [0.3, 0.4) is 0 Å². The maximum atomic E-state index is 5.73. The SMILES string of the molecule is CNCC(CCOCCC(C)C)Cc1ccccc1. The second kappa shape index (κ2) is 9.99. The summed E-state index contributed by atoms with van der Waals surface area (Å²) < 4.78 is 5.73. The van der Waals surface area contributed by atoms with Crippen LogP contribution in [-0.4, -0.2) is 26.8 Å². The lowest BCUT2D eigenvalue weighted by molar-refractivity contribution is 0.110. The Bertz CT molecular complexity index is 310. The van der Waals surface area contributed by atoms with Crippen molar-refractivity contribution in [2.24, 2.45) is 11.8 Å². The van der Waals surface area contributed by atoms with Crippen molar-refractivity contribution >= 4 is 0 Å². The fourth-order valence-corrected chi connectivity index (χ4v) is 2.18. The summed E-state index contributed by atoms with van der Waals surface area (Å²) in [6.45, 7) is 7.31. The highest BCUT2D eigenvalue weighted by Gasteiger charge is 2.09. The summed E-state index contributed by atoms with van der Waals surface area (Å²) in [6, 6.07) is 10.7. The maximum Gasteiger partial charge on any atom is 0.0469 e. The third kappa shape index (κ3) is 8.02. The standard InChI is InChI=1S/C17H29NO/c1-15(2)9-11-19-12-10-17(14-18-3)13-16-7-5-4-6-8-16/h4-8,15,17-18H,9-14H2,1-3H3. The van der Waals surface area contributed by atoms with Crippen molar-refractivity contribution in [2.45, 2.75) is 33.1 Å². The molecule has 1 rings (SSSR count). The molecule has 1 aromatic rings. The lowest BCUT2D eigenvalue weighted by atomic mass is 9.96. The van der Waals surface area contributed by atoms with Gasteiger partial charge in [-0.1, -0.05) is 44.2 Å². The Balaban J connectivity index is 2.24. The number of benzene rings is 1. The summed E-state index contributed by atoms with van der Waals surface area (Å²) in [5.41, 5.74) is 1.42. The minimum absolute atomic E-state index is 0.659. The molecule has 0 aromatic heterocycles. The number of hydrogen-bond donors (Lipinski definition) is 1. The Hall–Kier alpha value is -0.860. The van der Waals surface area contributed by atoms with Crippen LogP contribution in [0, 0.1) is 11.8 Å². The Kier molecular flexibility index (Phi) is 8.52. The highest BCUT2D eigenvalue weighted by Crippen LogP contribution is 2.12. The van der Waals surface area contributed by atoms with E-state index < -0.39 is 0 Å². The predicted octanol–water partition coefficient (Wildman–Crippen LogP) is 3.52. The van der Waals surface area contributed by atoms with Crippen LogP contribution in [0.2, 0.25) is 0 Å². The van der Waals surface area contributed by atoms with Crippen LogP contribution in [0.15, 0.2) is 30.3 Å². The largest absolute Gasteiger partial charge is 0.381 e. The van der Waals surface area contributed by atoms with E-state index in [1.807, 2.05) is 7.05 Å². The molecule has 0 bridgehead atoms. The Morgan fingerprint density at radius 3 is 2.37 bits per heavy atom. The molecule has 1 aromatic carbocycles. The van der Waals surface area contributed by atoms with Crippen LogP contribution in [0.25, 0.3) is 0 Å². The molecule has 0 aliphatic rings. The van der Waals surface area contributed by atoms with Crippen LogP contribution in [0.4, 0.5) is 0 Å². The third-order valence-corrected chi connectivity index (χ3v) is 3.37. The first kappa shape index (κ1) is 16.2. The molecule has 0 aliphatic carbocycles. The van der Waals surface area contributed by atoms with E-state index in [9.17, 15) is 0 Å². The molecule has 0 fully saturated rings. The van der Waals surface area contributed by atoms with Gasteiger partial charge in [0.2, 0.25) is 0 Å². The second-order valence-corrected chi connectivity index (χ2v) is 5.70. The topological polar surface area (TPSA) is 21.3 Å². The second-order valence-electron chi connectivity index (χ2n) is 5.70. The molecule has 1 atom stereocenters. The molecule has 0 heterocycles. The van der Waals surface area contributed by atoms with Crippen LogP contribution in [-0.2, 0) is 11.2 Å². The van der Waals surface area contributed by atoms with Gasteiger partial charge in [-0.3, -0.25) is 0 Å². The molecular weight excluding hydrogens is 234 g/mol. The zero-order valence-corrected chi connectivity index (χ0v) is 12.7. The first-order chi connectivity index (χ1) is 9.22. The molecule has 0 spiro atoms. The van der Waals surface area contributed by atoms with Gasteiger partial charge in [-0.05, 0) is 50.3 Å². The van der Waals surface area contributed by atoms with E-state index in [1.54, 1.807) is 0 Å². The van der Waals surface area contributed by atoms with E-state index in [0.717, 1.165) is 44.9 Å². The minimum Gasteiger partial charge on any atom is -0.381 e. The summed E-state index contributed by atoms with van der Waals surface area (Å²) in [5, 5.41) is 3.29. The quantitative estimate of drug-likeness (QED) is 0.652. The van der Waals surface area contributed by atoms with Gasteiger partial charge in [-0.2, -0.15) is 0 Å². The van der Waals surface area contributed by atoms with E-state index in [-0.39, 0.29) is 0 Å². The first-order valence-electron chi connectivity index (χ1n) is 7.48. The lowest BCUT2D eigenvalue weighted by Gasteiger charge is -2.17. The van der Waals surface area contributed by atoms with E-state index >= 15 is 0 Å². The van der Waals surface area contributed by atoms with Crippen molar-refractivity contribution < 1.29 is 4.74 Å². The van der Waals surface area contributed by atoms with Gasteiger partial charge >= 0.3 is 0 Å². The molecule has 0 saturated heterocycles. The minimum atomic E-state index is 0.659. The van der Waals surface area contributed by atoms with Crippen molar-refractivity contribution in [3.8, 4) is 0 Å². The zero-order chi connectivity index (χ0) is 13.9. The van der Waals surface area contributed by atoms with Crippen molar-refractivity contribution in [3.63, 3.8) is 0 Å². The monoisotopic (exact) mass is 263 g/mol. The molecule has 0 amide bonds. The van der Waals surface area contributed by atoms with Gasteiger partial charge in [0, 0.05) is 13.2 Å². The van der Waals surface area contributed by atoms with Crippen LogP contribution < -0.4 is 5.32 Å². The fourth-order valence-electron chi connectivity index (χ4n) is 2.18. The van der Waals surface area contributed by atoms with Crippen molar-refractivity contribution in [1.29, 1.82) is 0 Å². The van der Waals surface area contributed by atoms with Crippen molar-refractivity contribution in [1.82, 2.24) is 5.32 Å². The van der Waals surface area contributed by atoms with Crippen LogP contribution in [0.5, 0.6) is 0 Å². The van der Waals surface area contributed by atoms with Gasteiger partial charge in [0.1, 0.15) is 0 Å². The molecule has 2 heteroatoms. The van der Waals surface area contributed by atoms with Gasteiger partial charge < -0.3 is 10.1 Å². The molecule has 0 aliphatic heterocycles. The Morgan fingerprint density at radius 2 is 1.74 bits per heavy atom. The Labute approximate surface area is 118 Å². The molecular formula is C17H29NO. The maximum absolute atomic E-state index is 5.73. The summed E-state index contributed by atoms with van der Waals surface area (Å²) in [6.07, 6.45) is 3.43. The van der Waals surface area contributed by atoms with Crippen LogP contribution >= 0.6 is 0 Å². The lowest BCUT2D eigenvalue weighted by Crippen LogP contribution is -2.22. The third-order valence-electron chi connectivity index (χ3n) is 3.37. The zero-order valence-electron chi connectivity index (χ0n) is 12.7. The van der Waals surface area contributed by atoms with E-state index in [1.165, 1.54) is 5.56 Å². The molecule has 0 radical (unpaired) electrons. The number of ether oxygens (including phenoxy) is 1. The van der Waals surface area contributed by atoms with E-state index in [0.29, 0.717) is 5.92 Å². The first-order valence-corrected chi connectivity index (χ1v) is 7.48. The summed E-state index contributed by atoms with van der Waals surface area (Å²) in [4.78, 5) is 0. The van der Waals surface area contributed by atoms with E-state index in [2.05, 4.69) is 49.5 Å². The summed E-state index contributed by atoms with van der Waals surface area (Å²) in [5.74, 6) is 1.39. The normalized spacial score (nSPS) is 12.8. The highest BCUT2D eigenvalue weighted by molar-refractivity contribution is 5.15. The predicted molar refractivity (Wildman–Crippen MR) is 82.5 cm³/mol. The summed E-state index contributed by atoms with van der Waals surface area (Å²) in [7, 11) is 2.03.